The maximum Gasteiger partial charge on any atom is 0.416 e. The van der Waals surface area contributed by atoms with Crippen LogP contribution in [-0.2, 0) is 11.0 Å². The third-order valence-corrected chi connectivity index (χ3v) is 3.55. The highest BCUT2D eigenvalue weighted by molar-refractivity contribution is 6.33. The Balaban J connectivity index is 2.13. The Labute approximate surface area is 119 Å². The van der Waals surface area contributed by atoms with Gasteiger partial charge in [-0.15, -0.1) is 0 Å². The Hall–Kier alpha value is -1.27. The Morgan fingerprint density at radius 1 is 1.40 bits per heavy atom. The van der Waals surface area contributed by atoms with Crippen molar-refractivity contribution >= 4 is 23.2 Å². The molecule has 1 aliphatic rings. The molecule has 1 aliphatic heterocycles. The Bertz CT molecular complexity index is 499. The number of hydrogen-bond acceptors (Lipinski definition) is 2. The number of benzene rings is 1. The molecule has 1 aromatic rings. The predicted molar refractivity (Wildman–Crippen MR) is 70.7 cm³/mol. The van der Waals surface area contributed by atoms with Crippen LogP contribution >= 0.6 is 11.6 Å². The van der Waals surface area contributed by atoms with Gasteiger partial charge in [-0.05, 0) is 37.6 Å². The highest BCUT2D eigenvalue weighted by Crippen LogP contribution is 2.34. The molecular weight excluding hydrogens is 293 g/mol. The molecule has 7 heteroatoms. The van der Waals surface area contributed by atoms with Gasteiger partial charge in [0.2, 0.25) is 5.91 Å². The fourth-order valence-corrected chi connectivity index (χ4v) is 2.27. The van der Waals surface area contributed by atoms with Gasteiger partial charge in [0.15, 0.2) is 0 Å². The lowest BCUT2D eigenvalue weighted by atomic mass is 9.98. The monoisotopic (exact) mass is 306 g/mol. The van der Waals surface area contributed by atoms with Crippen LogP contribution in [0.4, 0.5) is 18.9 Å². The molecule has 0 unspecified atom stereocenters. The molecule has 1 aromatic carbocycles. The number of carbonyl (C=O) groups excluding carboxylic acids is 1. The SMILES string of the molecule is O=C(Nc1cc(C(F)(F)F)ccc1Cl)[C@H]1CCCNC1. The average molecular weight is 307 g/mol. The summed E-state index contributed by atoms with van der Waals surface area (Å²) < 4.78 is 37.9. The third kappa shape index (κ3) is 3.64. The molecule has 20 heavy (non-hydrogen) atoms. The standard InChI is InChI=1S/C13H14ClF3N2O/c14-10-4-3-9(13(15,16)17)6-11(10)19-12(20)8-2-1-5-18-7-8/h3-4,6,8,18H,1-2,5,7H2,(H,19,20)/t8-/m0/s1. The Morgan fingerprint density at radius 3 is 2.75 bits per heavy atom. The Morgan fingerprint density at radius 2 is 2.15 bits per heavy atom. The van der Waals surface area contributed by atoms with Crippen LogP contribution < -0.4 is 10.6 Å². The summed E-state index contributed by atoms with van der Waals surface area (Å²) in [7, 11) is 0. The summed E-state index contributed by atoms with van der Waals surface area (Å²) in [6.45, 7) is 1.39. The second-order valence-electron chi connectivity index (χ2n) is 4.72. The lowest BCUT2D eigenvalue weighted by Crippen LogP contribution is -2.37. The van der Waals surface area contributed by atoms with Crippen LogP contribution in [0.25, 0.3) is 0 Å². The maximum atomic E-state index is 12.6. The summed E-state index contributed by atoms with van der Waals surface area (Å²) in [5.41, 5.74) is -0.837. The minimum atomic E-state index is -4.46. The van der Waals surface area contributed by atoms with Crippen LogP contribution in [0.5, 0.6) is 0 Å². The zero-order valence-electron chi connectivity index (χ0n) is 10.6. The van der Waals surface area contributed by atoms with Gasteiger partial charge in [0, 0.05) is 6.54 Å². The highest BCUT2D eigenvalue weighted by atomic mass is 35.5. The van der Waals surface area contributed by atoms with Crippen molar-refractivity contribution in [3.63, 3.8) is 0 Å². The molecule has 0 spiro atoms. The van der Waals surface area contributed by atoms with E-state index in [1.165, 1.54) is 0 Å². The van der Waals surface area contributed by atoms with Crippen molar-refractivity contribution in [1.29, 1.82) is 0 Å². The van der Waals surface area contributed by atoms with E-state index < -0.39 is 11.7 Å². The summed E-state index contributed by atoms with van der Waals surface area (Å²) in [6, 6.07) is 2.88. The van der Waals surface area contributed by atoms with E-state index in [9.17, 15) is 18.0 Å². The van der Waals surface area contributed by atoms with Crippen LogP contribution in [0, 0.1) is 5.92 Å². The largest absolute Gasteiger partial charge is 0.416 e. The van der Waals surface area contributed by atoms with Crippen LogP contribution in [-0.4, -0.2) is 19.0 Å². The summed E-state index contributed by atoms with van der Waals surface area (Å²) in [4.78, 5) is 12.0. The number of amides is 1. The highest BCUT2D eigenvalue weighted by Gasteiger charge is 2.31. The first kappa shape index (κ1) is 15.1. The van der Waals surface area contributed by atoms with Gasteiger partial charge in [0.1, 0.15) is 0 Å². The molecule has 0 bridgehead atoms. The number of carbonyl (C=O) groups is 1. The fourth-order valence-electron chi connectivity index (χ4n) is 2.11. The first-order chi connectivity index (χ1) is 9.38. The number of anilines is 1. The molecule has 1 heterocycles. The van der Waals surface area contributed by atoms with Crippen molar-refractivity contribution in [1.82, 2.24) is 5.32 Å². The molecule has 0 aromatic heterocycles. The van der Waals surface area contributed by atoms with Crippen molar-refractivity contribution in [2.45, 2.75) is 19.0 Å². The lowest BCUT2D eigenvalue weighted by Gasteiger charge is -2.22. The van der Waals surface area contributed by atoms with Crippen molar-refractivity contribution in [2.24, 2.45) is 5.92 Å². The Kier molecular flexibility index (Phi) is 4.55. The normalized spacial score (nSPS) is 19.7. The number of rotatable bonds is 2. The molecule has 1 amide bonds. The zero-order valence-corrected chi connectivity index (χ0v) is 11.3. The number of hydrogen-bond donors (Lipinski definition) is 2. The second-order valence-corrected chi connectivity index (χ2v) is 5.13. The summed E-state index contributed by atoms with van der Waals surface area (Å²) in [6.07, 6.45) is -2.87. The third-order valence-electron chi connectivity index (χ3n) is 3.22. The summed E-state index contributed by atoms with van der Waals surface area (Å²) in [5.74, 6) is -0.548. The minimum absolute atomic E-state index is 0.00272. The smallest absolute Gasteiger partial charge is 0.324 e. The topological polar surface area (TPSA) is 41.1 Å². The molecule has 0 saturated carbocycles. The van der Waals surface area contributed by atoms with Gasteiger partial charge < -0.3 is 10.6 Å². The van der Waals surface area contributed by atoms with Gasteiger partial charge in [0.05, 0.1) is 22.2 Å². The van der Waals surface area contributed by atoms with Gasteiger partial charge in [-0.25, -0.2) is 0 Å². The van der Waals surface area contributed by atoms with E-state index in [-0.39, 0.29) is 22.5 Å². The van der Waals surface area contributed by atoms with Crippen LogP contribution in [0.3, 0.4) is 0 Å². The molecule has 1 atom stereocenters. The number of piperidine rings is 1. The lowest BCUT2D eigenvalue weighted by molar-refractivity contribution is -0.137. The van der Waals surface area contributed by atoms with Gasteiger partial charge in [-0.2, -0.15) is 13.2 Å². The van der Waals surface area contributed by atoms with Crippen molar-refractivity contribution in [3.8, 4) is 0 Å². The molecule has 1 fully saturated rings. The van der Waals surface area contributed by atoms with E-state index in [0.717, 1.165) is 37.6 Å². The molecule has 2 N–H and O–H groups in total. The number of halogens is 4. The molecule has 110 valence electrons. The molecule has 0 radical (unpaired) electrons. The fraction of sp³-hybridized carbons (Fsp3) is 0.462. The van der Waals surface area contributed by atoms with Gasteiger partial charge in [-0.3, -0.25) is 4.79 Å². The zero-order chi connectivity index (χ0) is 14.8. The second kappa shape index (κ2) is 6.01. The van der Waals surface area contributed by atoms with Crippen LogP contribution in [0.15, 0.2) is 18.2 Å². The minimum Gasteiger partial charge on any atom is -0.324 e. The predicted octanol–water partition coefficient (Wildman–Crippen LogP) is 3.30. The van der Waals surface area contributed by atoms with E-state index >= 15 is 0 Å². The number of nitrogens with one attached hydrogen (secondary N) is 2. The number of alkyl halides is 3. The van der Waals surface area contributed by atoms with Crippen LogP contribution in [0.2, 0.25) is 5.02 Å². The average Bonchev–Trinajstić information content (AvgIpc) is 2.41. The molecule has 2 rings (SSSR count). The van der Waals surface area contributed by atoms with Crippen LogP contribution in [0.1, 0.15) is 18.4 Å². The molecular formula is C13H14ClF3N2O. The van der Waals surface area contributed by atoms with E-state index in [4.69, 9.17) is 11.6 Å². The summed E-state index contributed by atoms with van der Waals surface area (Å²) in [5, 5.41) is 5.65. The van der Waals surface area contributed by atoms with Gasteiger partial charge in [-0.1, -0.05) is 11.6 Å². The first-order valence-electron chi connectivity index (χ1n) is 6.26. The van der Waals surface area contributed by atoms with Crippen molar-refractivity contribution in [2.75, 3.05) is 18.4 Å². The quantitative estimate of drug-likeness (QED) is 0.880. The first-order valence-corrected chi connectivity index (χ1v) is 6.64. The summed E-state index contributed by atoms with van der Waals surface area (Å²) >= 11 is 5.83. The van der Waals surface area contributed by atoms with Gasteiger partial charge in [0.25, 0.3) is 0 Å². The molecule has 0 aliphatic carbocycles. The maximum absolute atomic E-state index is 12.6. The van der Waals surface area contributed by atoms with E-state index in [0.29, 0.717) is 6.54 Å². The van der Waals surface area contributed by atoms with Gasteiger partial charge >= 0.3 is 6.18 Å². The molecule has 1 saturated heterocycles. The molecule has 3 nitrogen and oxygen atoms in total. The van der Waals surface area contributed by atoms with Crippen molar-refractivity contribution < 1.29 is 18.0 Å². The van der Waals surface area contributed by atoms with E-state index in [1.807, 2.05) is 0 Å². The van der Waals surface area contributed by atoms with E-state index in [2.05, 4.69) is 10.6 Å². The van der Waals surface area contributed by atoms with Crippen molar-refractivity contribution in [3.05, 3.63) is 28.8 Å². The van der Waals surface area contributed by atoms with E-state index in [1.54, 1.807) is 0 Å².